The summed E-state index contributed by atoms with van der Waals surface area (Å²) in [6.07, 6.45) is 20.0. The van der Waals surface area contributed by atoms with E-state index in [-0.39, 0.29) is 44.3 Å². The number of rotatable bonds is 29. The molecule has 2 aromatic carbocycles. The van der Waals surface area contributed by atoms with E-state index in [2.05, 4.69) is 27.6 Å². The first-order valence-corrected chi connectivity index (χ1v) is 19.6. The maximum atomic E-state index is 13.1. The van der Waals surface area contributed by atoms with E-state index in [4.69, 9.17) is 4.74 Å². The predicted octanol–water partition coefficient (Wildman–Crippen LogP) is 8.58. The zero-order valence-electron chi connectivity index (χ0n) is 31.7. The van der Waals surface area contributed by atoms with Crippen molar-refractivity contribution in [2.24, 2.45) is 0 Å². The number of methoxy groups -OCH3 is 1. The fourth-order valence-corrected chi connectivity index (χ4v) is 5.84. The van der Waals surface area contributed by atoms with Crippen molar-refractivity contribution in [3.63, 3.8) is 0 Å². The zero-order chi connectivity index (χ0) is 37.7. The Morgan fingerprint density at radius 1 is 0.635 bits per heavy atom. The zero-order valence-corrected chi connectivity index (χ0v) is 31.7. The molecular weight excluding hydrogens is 658 g/mol. The van der Waals surface area contributed by atoms with Gasteiger partial charge in [0, 0.05) is 37.1 Å². The Morgan fingerprint density at radius 2 is 1.21 bits per heavy atom. The van der Waals surface area contributed by atoms with Crippen molar-refractivity contribution >= 4 is 35.3 Å². The van der Waals surface area contributed by atoms with Gasteiger partial charge in [0.1, 0.15) is 12.6 Å². The molecule has 0 aliphatic heterocycles. The maximum Gasteiger partial charge on any atom is 0.306 e. The topological polar surface area (TPSA) is 140 Å². The quantitative estimate of drug-likeness (QED) is 0.0565. The van der Waals surface area contributed by atoms with E-state index in [9.17, 15) is 24.0 Å². The van der Waals surface area contributed by atoms with E-state index in [0.29, 0.717) is 24.1 Å². The lowest BCUT2D eigenvalue weighted by Gasteiger charge is -2.18. The lowest BCUT2D eigenvalue weighted by Crippen LogP contribution is -2.47. The molecular formula is C42H63N3O7. The van der Waals surface area contributed by atoms with Crippen LogP contribution in [-0.2, 0) is 35.3 Å². The van der Waals surface area contributed by atoms with Crippen LogP contribution in [0.3, 0.4) is 0 Å². The molecule has 10 nitrogen and oxygen atoms in total. The van der Waals surface area contributed by atoms with Crippen LogP contribution in [0, 0.1) is 0 Å². The number of anilines is 1. The van der Waals surface area contributed by atoms with Crippen LogP contribution in [0.25, 0.3) is 0 Å². The summed E-state index contributed by atoms with van der Waals surface area (Å²) in [7, 11) is 1.30. The maximum absolute atomic E-state index is 13.1. The van der Waals surface area contributed by atoms with Crippen molar-refractivity contribution in [1.82, 2.24) is 10.6 Å². The van der Waals surface area contributed by atoms with Gasteiger partial charge in [-0.05, 0) is 49.1 Å². The molecule has 52 heavy (non-hydrogen) atoms. The Bertz CT molecular complexity index is 1300. The first-order chi connectivity index (χ1) is 25.3. The van der Waals surface area contributed by atoms with Crippen LogP contribution in [0.2, 0.25) is 0 Å². The molecule has 0 heterocycles. The number of hydrogen-bond donors (Lipinski definition) is 3. The Labute approximate surface area is 311 Å². The number of ether oxygens (including phenoxy) is 2. The largest absolute Gasteiger partial charge is 0.469 e. The van der Waals surface area contributed by atoms with Crippen molar-refractivity contribution in [3.8, 4) is 0 Å². The number of nitrogens with one attached hydrogen (secondary N) is 3. The molecule has 2 aromatic rings. The van der Waals surface area contributed by atoms with Crippen LogP contribution in [-0.4, -0.2) is 49.4 Å². The van der Waals surface area contributed by atoms with Gasteiger partial charge in [-0.1, -0.05) is 127 Å². The average molecular weight is 722 g/mol. The molecule has 0 spiro atoms. The lowest BCUT2D eigenvalue weighted by atomic mass is 10.0. The van der Waals surface area contributed by atoms with Gasteiger partial charge in [0.05, 0.1) is 7.11 Å². The minimum atomic E-state index is -1.01. The smallest absolute Gasteiger partial charge is 0.306 e. The van der Waals surface area contributed by atoms with Gasteiger partial charge in [0.15, 0.2) is 0 Å². The van der Waals surface area contributed by atoms with E-state index in [0.717, 1.165) is 24.8 Å². The van der Waals surface area contributed by atoms with Gasteiger partial charge in [-0.25, -0.2) is 0 Å². The minimum absolute atomic E-state index is 0.0235. The predicted molar refractivity (Wildman–Crippen MR) is 206 cm³/mol. The lowest BCUT2D eigenvalue weighted by molar-refractivity contribution is -0.145. The number of benzene rings is 2. The Morgan fingerprint density at radius 3 is 1.79 bits per heavy atom. The molecule has 0 saturated carbocycles. The highest BCUT2D eigenvalue weighted by Crippen LogP contribution is 2.15. The Hall–Kier alpha value is -4.21. The molecule has 0 aliphatic rings. The monoisotopic (exact) mass is 721 g/mol. The molecule has 1 atom stereocenters. The van der Waals surface area contributed by atoms with Crippen LogP contribution in [0.5, 0.6) is 0 Å². The highest BCUT2D eigenvalue weighted by atomic mass is 16.5. The Kier molecular flexibility index (Phi) is 24.0. The van der Waals surface area contributed by atoms with Crippen LogP contribution >= 0.6 is 0 Å². The highest BCUT2D eigenvalue weighted by Gasteiger charge is 2.23. The normalized spacial score (nSPS) is 11.3. The van der Waals surface area contributed by atoms with E-state index in [1.54, 1.807) is 24.3 Å². The second-order valence-electron chi connectivity index (χ2n) is 13.5. The van der Waals surface area contributed by atoms with Gasteiger partial charge in [-0.2, -0.15) is 0 Å². The van der Waals surface area contributed by atoms with Gasteiger partial charge in [0.2, 0.25) is 11.8 Å². The first-order valence-electron chi connectivity index (χ1n) is 19.6. The second kappa shape index (κ2) is 28.4. The summed E-state index contributed by atoms with van der Waals surface area (Å²) in [6, 6.07) is 14.7. The third kappa shape index (κ3) is 21.2. The molecule has 2 rings (SSSR count). The summed E-state index contributed by atoms with van der Waals surface area (Å²) >= 11 is 0. The van der Waals surface area contributed by atoms with Gasteiger partial charge in [-0.3, -0.25) is 24.0 Å². The third-order valence-corrected chi connectivity index (χ3v) is 9.02. The van der Waals surface area contributed by atoms with Gasteiger partial charge in [0.25, 0.3) is 5.91 Å². The minimum Gasteiger partial charge on any atom is -0.469 e. The first kappa shape index (κ1) is 44.0. The fraction of sp³-hybridized carbons (Fsp3) is 0.595. The molecule has 0 saturated heterocycles. The van der Waals surface area contributed by atoms with Gasteiger partial charge < -0.3 is 25.4 Å². The SMILES string of the molecule is CCCCCCCCCCCCCCCCCC(=O)Nc1ccc(C(=O)N[C@H](CCC(=O)OCc2ccccc2)C(=O)NCCCC(=O)OC)cc1. The molecule has 0 aromatic heterocycles. The summed E-state index contributed by atoms with van der Waals surface area (Å²) < 4.78 is 9.96. The summed E-state index contributed by atoms with van der Waals surface area (Å²) in [4.78, 5) is 62.5. The molecule has 3 amide bonds. The average Bonchev–Trinajstić information content (AvgIpc) is 3.16. The molecule has 0 fully saturated rings. The summed E-state index contributed by atoms with van der Waals surface area (Å²) in [5, 5.41) is 8.33. The van der Waals surface area contributed by atoms with Gasteiger partial charge >= 0.3 is 11.9 Å². The van der Waals surface area contributed by atoms with E-state index < -0.39 is 23.8 Å². The number of amides is 3. The molecule has 0 unspecified atom stereocenters. The number of carbonyl (C=O) groups excluding carboxylic acids is 5. The molecule has 0 radical (unpaired) electrons. The van der Waals surface area contributed by atoms with Crippen LogP contribution in [0.15, 0.2) is 54.6 Å². The van der Waals surface area contributed by atoms with Gasteiger partial charge in [-0.15, -0.1) is 0 Å². The second-order valence-corrected chi connectivity index (χ2v) is 13.5. The van der Waals surface area contributed by atoms with Crippen LogP contribution in [0.4, 0.5) is 5.69 Å². The standard InChI is InChI=1S/C42H63N3O7/c1-3-4-5-6-7-8-9-10-11-12-13-14-15-16-20-24-38(46)44-36-28-26-35(27-29-36)41(49)45-37(42(50)43-32-21-25-39(47)51-2)30-31-40(48)52-33-34-22-18-17-19-23-34/h17-19,22-23,26-29,37H,3-16,20-21,24-25,30-33H2,1-2H3,(H,43,50)(H,44,46)(H,45,49)/t37-/m1/s1. The van der Waals surface area contributed by atoms with Crippen molar-refractivity contribution in [3.05, 3.63) is 65.7 Å². The molecule has 10 heteroatoms. The summed E-state index contributed by atoms with van der Waals surface area (Å²) in [5.41, 5.74) is 1.73. The Balaban J connectivity index is 1.71. The number of carbonyl (C=O) groups is 5. The molecule has 0 bridgehead atoms. The summed E-state index contributed by atoms with van der Waals surface area (Å²) in [5.74, 6) is -1.91. The van der Waals surface area contributed by atoms with E-state index >= 15 is 0 Å². The van der Waals surface area contributed by atoms with E-state index in [1.807, 2.05) is 30.3 Å². The molecule has 0 aliphatic carbocycles. The number of unbranched alkanes of at least 4 members (excludes halogenated alkanes) is 14. The van der Waals surface area contributed by atoms with E-state index in [1.165, 1.54) is 84.2 Å². The van der Waals surface area contributed by atoms with Crippen LogP contribution < -0.4 is 16.0 Å². The van der Waals surface area contributed by atoms with Crippen molar-refractivity contribution in [2.45, 2.75) is 148 Å². The molecule has 288 valence electrons. The third-order valence-electron chi connectivity index (χ3n) is 9.02. The van der Waals surface area contributed by atoms with Crippen LogP contribution in [0.1, 0.15) is 151 Å². The van der Waals surface area contributed by atoms with Crippen molar-refractivity contribution in [1.29, 1.82) is 0 Å². The molecule has 3 N–H and O–H groups in total. The fourth-order valence-electron chi connectivity index (χ4n) is 5.84. The number of esters is 2. The number of hydrogen-bond acceptors (Lipinski definition) is 7. The summed E-state index contributed by atoms with van der Waals surface area (Å²) in [6.45, 7) is 2.57. The highest BCUT2D eigenvalue weighted by molar-refractivity contribution is 5.98. The van der Waals surface area contributed by atoms with Crippen molar-refractivity contribution < 1.29 is 33.4 Å². The van der Waals surface area contributed by atoms with Crippen molar-refractivity contribution in [2.75, 3.05) is 19.0 Å².